The summed E-state index contributed by atoms with van der Waals surface area (Å²) in [4.78, 5) is 27.1. The van der Waals surface area contributed by atoms with Crippen molar-refractivity contribution in [3.05, 3.63) is 30.0 Å². The zero-order chi connectivity index (χ0) is 21.1. The summed E-state index contributed by atoms with van der Waals surface area (Å²) in [7, 11) is 0. The fraction of sp³-hybridized carbons (Fsp3) is 0.500. The zero-order valence-electron chi connectivity index (χ0n) is 17.3. The molecule has 30 heavy (non-hydrogen) atoms. The number of nitrogens with two attached hydrogens (primary N) is 1. The van der Waals surface area contributed by atoms with E-state index in [0.717, 1.165) is 55.4 Å². The average molecular weight is 425 g/mol. The van der Waals surface area contributed by atoms with Crippen molar-refractivity contribution < 1.29 is 4.79 Å². The molecule has 1 amide bonds. The number of hydrogen-bond acceptors (Lipinski definition) is 6. The highest BCUT2D eigenvalue weighted by molar-refractivity contribution is 8.26. The minimum Gasteiger partial charge on any atom is -0.378 e. The number of carbonyl (C=O) groups is 1. The predicted octanol–water partition coefficient (Wildman–Crippen LogP) is 4.20. The van der Waals surface area contributed by atoms with E-state index in [9.17, 15) is 4.79 Å². The molecule has 0 spiro atoms. The third-order valence-corrected chi connectivity index (χ3v) is 6.97. The standard InChI is InChI=1S/C22H28N6OS/c1-14(29)28-10-8-15(9-11-28)17-12-19-18(25-13-17)6-7-20(26-19)27-22(24)30-21(23)16-4-2-3-5-16/h6-7,12-13,15-16,23H,2-5,8-11H2,1H3,(H2,24,26,27). The van der Waals surface area contributed by atoms with Crippen molar-refractivity contribution in [2.45, 2.75) is 51.4 Å². The molecule has 4 rings (SSSR count). The number of fused-ring (bicyclic) bond motifs is 1. The van der Waals surface area contributed by atoms with Crippen molar-refractivity contribution in [2.75, 3.05) is 13.1 Å². The Morgan fingerprint density at radius 3 is 2.63 bits per heavy atom. The molecular formula is C22H28N6OS. The quantitative estimate of drug-likeness (QED) is 0.567. The van der Waals surface area contributed by atoms with E-state index in [1.807, 2.05) is 23.2 Å². The largest absolute Gasteiger partial charge is 0.378 e. The maximum Gasteiger partial charge on any atom is 0.219 e. The molecule has 1 aliphatic carbocycles. The van der Waals surface area contributed by atoms with Gasteiger partial charge in [-0.1, -0.05) is 12.8 Å². The Kier molecular flexibility index (Phi) is 6.32. The lowest BCUT2D eigenvalue weighted by Gasteiger charge is -2.31. The summed E-state index contributed by atoms with van der Waals surface area (Å²) in [5, 5.41) is 9.21. The Balaban J connectivity index is 1.47. The van der Waals surface area contributed by atoms with Crippen LogP contribution in [0.25, 0.3) is 11.0 Å². The summed E-state index contributed by atoms with van der Waals surface area (Å²) < 4.78 is 0. The van der Waals surface area contributed by atoms with E-state index in [1.54, 1.807) is 6.92 Å². The summed E-state index contributed by atoms with van der Waals surface area (Å²) in [5.74, 6) is 1.40. The molecule has 0 aromatic carbocycles. The summed E-state index contributed by atoms with van der Waals surface area (Å²) in [5.41, 5.74) is 8.86. The monoisotopic (exact) mass is 424 g/mol. The van der Waals surface area contributed by atoms with Crippen LogP contribution in [-0.4, -0.2) is 44.1 Å². The SMILES string of the molecule is CC(=O)N1CCC(c2cnc3ccc(N=C(N)SC(=N)C4CCCC4)nc3c2)CC1. The maximum atomic E-state index is 11.5. The number of aromatic nitrogens is 2. The number of nitrogens with one attached hydrogen (secondary N) is 1. The smallest absolute Gasteiger partial charge is 0.219 e. The highest BCUT2D eigenvalue weighted by Gasteiger charge is 2.23. The van der Waals surface area contributed by atoms with E-state index in [-0.39, 0.29) is 5.91 Å². The number of likely N-dealkylation sites (tertiary alicyclic amines) is 1. The van der Waals surface area contributed by atoms with Crippen LogP contribution in [0.3, 0.4) is 0 Å². The molecule has 2 aromatic rings. The second-order valence-corrected chi connectivity index (χ2v) is 9.22. The van der Waals surface area contributed by atoms with Crippen LogP contribution < -0.4 is 5.73 Å². The molecule has 2 aromatic heterocycles. The first-order valence-corrected chi connectivity index (χ1v) is 11.4. The topological polar surface area (TPSA) is 108 Å². The number of carbonyl (C=O) groups excluding carboxylic acids is 1. The van der Waals surface area contributed by atoms with Gasteiger partial charge in [-0.15, -0.1) is 0 Å². The van der Waals surface area contributed by atoms with Gasteiger partial charge in [0.15, 0.2) is 11.0 Å². The van der Waals surface area contributed by atoms with Gasteiger partial charge in [-0.2, -0.15) is 0 Å². The summed E-state index contributed by atoms with van der Waals surface area (Å²) in [6.07, 6.45) is 8.35. The van der Waals surface area contributed by atoms with Gasteiger partial charge >= 0.3 is 0 Å². The van der Waals surface area contributed by atoms with Gasteiger partial charge in [0, 0.05) is 32.1 Å². The number of piperidine rings is 1. The van der Waals surface area contributed by atoms with Gasteiger partial charge in [-0.3, -0.25) is 15.2 Å². The number of nitrogens with zero attached hydrogens (tertiary/aromatic N) is 4. The van der Waals surface area contributed by atoms with Gasteiger partial charge in [0.1, 0.15) is 0 Å². The van der Waals surface area contributed by atoms with Crippen molar-refractivity contribution in [3.8, 4) is 0 Å². The lowest BCUT2D eigenvalue weighted by Crippen LogP contribution is -2.36. The number of pyridine rings is 2. The highest BCUT2D eigenvalue weighted by Crippen LogP contribution is 2.31. The molecule has 0 unspecified atom stereocenters. The lowest BCUT2D eigenvalue weighted by atomic mass is 9.90. The molecule has 1 saturated heterocycles. The number of rotatable bonds is 3. The molecule has 0 radical (unpaired) electrons. The predicted molar refractivity (Wildman–Crippen MR) is 122 cm³/mol. The van der Waals surface area contributed by atoms with Crippen LogP contribution in [0.1, 0.15) is 56.9 Å². The highest BCUT2D eigenvalue weighted by atomic mass is 32.2. The van der Waals surface area contributed by atoms with Crippen molar-refractivity contribution in [1.29, 1.82) is 5.41 Å². The Hall–Kier alpha value is -2.48. The maximum absolute atomic E-state index is 11.5. The molecular weight excluding hydrogens is 396 g/mol. The minimum atomic E-state index is 0.144. The van der Waals surface area contributed by atoms with Crippen molar-refractivity contribution in [2.24, 2.45) is 16.6 Å². The van der Waals surface area contributed by atoms with Gasteiger partial charge < -0.3 is 10.6 Å². The van der Waals surface area contributed by atoms with Gasteiger partial charge in [0.2, 0.25) is 5.91 Å². The van der Waals surface area contributed by atoms with Crippen molar-refractivity contribution >= 4 is 44.7 Å². The number of amidine groups is 1. The van der Waals surface area contributed by atoms with E-state index in [4.69, 9.17) is 11.1 Å². The number of amides is 1. The van der Waals surface area contributed by atoms with Crippen LogP contribution in [-0.2, 0) is 4.79 Å². The molecule has 1 aliphatic heterocycles. The van der Waals surface area contributed by atoms with E-state index in [1.165, 1.54) is 24.6 Å². The molecule has 1 saturated carbocycles. The second-order valence-electron chi connectivity index (χ2n) is 8.15. The normalized spacial score (nSPS) is 18.8. The molecule has 2 aliphatic rings. The average Bonchev–Trinajstić information content (AvgIpc) is 3.28. The molecule has 2 fully saturated rings. The second kappa shape index (κ2) is 9.12. The van der Waals surface area contributed by atoms with Gasteiger partial charge in [-0.05, 0) is 67.1 Å². The van der Waals surface area contributed by atoms with E-state index >= 15 is 0 Å². The summed E-state index contributed by atoms with van der Waals surface area (Å²) in [6, 6.07) is 5.80. The first-order chi connectivity index (χ1) is 14.5. The lowest BCUT2D eigenvalue weighted by molar-refractivity contribution is -0.129. The Bertz CT molecular complexity index is 977. The van der Waals surface area contributed by atoms with E-state index < -0.39 is 0 Å². The molecule has 7 nitrogen and oxygen atoms in total. The fourth-order valence-electron chi connectivity index (χ4n) is 4.34. The number of hydrogen-bond donors (Lipinski definition) is 2. The van der Waals surface area contributed by atoms with E-state index in [2.05, 4.69) is 21.0 Å². The first-order valence-electron chi connectivity index (χ1n) is 10.6. The Labute approximate surface area is 181 Å². The summed E-state index contributed by atoms with van der Waals surface area (Å²) in [6.45, 7) is 3.20. The van der Waals surface area contributed by atoms with Crippen LogP contribution in [0.5, 0.6) is 0 Å². The molecule has 158 valence electrons. The zero-order valence-corrected chi connectivity index (χ0v) is 18.1. The van der Waals surface area contributed by atoms with Crippen LogP contribution in [0.2, 0.25) is 0 Å². The molecule has 0 bridgehead atoms. The first kappa shape index (κ1) is 20.8. The Morgan fingerprint density at radius 2 is 1.93 bits per heavy atom. The van der Waals surface area contributed by atoms with Gasteiger partial charge in [0.25, 0.3) is 0 Å². The number of aliphatic imine (C=N–C) groups is 1. The van der Waals surface area contributed by atoms with Crippen molar-refractivity contribution in [3.63, 3.8) is 0 Å². The third-order valence-electron chi connectivity index (χ3n) is 6.12. The van der Waals surface area contributed by atoms with Crippen molar-refractivity contribution in [1.82, 2.24) is 14.9 Å². The van der Waals surface area contributed by atoms with Gasteiger partial charge in [-0.25, -0.2) is 9.98 Å². The minimum absolute atomic E-state index is 0.144. The summed E-state index contributed by atoms with van der Waals surface area (Å²) >= 11 is 1.25. The fourth-order valence-corrected chi connectivity index (χ4v) is 5.11. The van der Waals surface area contributed by atoms with E-state index in [0.29, 0.717) is 27.9 Å². The molecule has 3 heterocycles. The van der Waals surface area contributed by atoms with Gasteiger partial charge in [0.05, 0.1) is 16.1 Å². The molecule has 0 atom stereocenters. The molecule has 3 N–H and O–H groups in total. The third kappa shape index (κ3) is 4.80. The Morgan fingerprint density at radius 1 is 1.20 bits per heavy atom. The van der Waals surface area contributed by atoms with Crippen LogP contribution in [0.15, 0.2) is 29.4 Å². The molecule has 8 heteroatoms. The number of thioether (sulfide) groups is 1. The van der Waals surface area contributed by atoms with Crippen LogP contribution in [0, 0.1) is 11.3 Å². The van der Waals surface area contributed by atoms with Crippen LogP contribution >= 0.6 is 11.8 Å². The van der Waals surface area contributed by atoms with Crippen LogP contribution in [0.4, 0.5) is 5.82 Å².